The van der Waals surface area contributed by atoms with Gasteiger partial charge in [-0.3, -0.25) is 4.79 Å². The van der Waals surface area contributed by atoms with Crippen molar-refractivity contribution in [3.63, 3.8) is 0 Å². The van der Waals surface area contributed by atoms with Crippen molar-refractivity contribution >= 4 is 46.6 Å². The van der Waals surface area contributed by atoms with Gasteiger partial charge in [0.1, 0.15) is 11.5 Å². The minimum absolute atomic E-state index is 0.0775. The van der Waals surface area contributed by atoms with Crippen molar-refractivity contribution in [1.82, 2.24) is 14.8 Å². The number of amides is 1. The maximum absolute atomic E-state index is 12.4. The van der Waals surface area contributed by atoms with Crippen LogP contribution in [0.4, 0.5) is 5.69 Å². The van der Waals surface area contributed by atoms with E-state index in [1.54, 1.807) is 25.3 Å². The van der Waals surface area contributed by atoms with Crippen LogP contribution in [-0.4, -0.2) is 33.5 Å². The van der Waals surface area contributed by atoms with Gasteiger partial charge in [-0.25, -0.2) is 0 Å². The number of carbonyl (C=O) groups is 1. The number of hydrogen-bond acceptors (Lipinski definition) is 6. The average Bonchev–Trinajstić information content (AvgIpc) is 3.16. The smallest absolute Gasteiger partial charge is 0.234 e. The molecule has 0 aliphatic rings. The number of halogens is 2. The van der Waals surface area contributed by atoms with E-state index in [-0.39, 0.29) is 23.8 Å². The third-order valence-electron chi connectivity index (χ3n) is 4.40. The molecule has 32 heavy (non-hydrogen) atoms. The fourth-order valence-electron chi connectivity index (χ4n) is 3.03. The Morgan fingerprint density at radius 3 is 2.44 bits per heavy atom. The number of anilines is 1. The molecule has 1 aromatic heterocycles. The normalized spacial score (nSPS) is 12.0. The zero-order chi connectivity index (χ0) is 23.3. The molecule has 3 rings (SSSR count). The molecule has 1 heterocycles. The standard InChI is InChI=1S/C22H24Cl2N4O3S/c1-13(2)28-21(14(3)31-19-7-5-6-18(11-19)30-4)26-27-22(28)32-12-20(29)25-17-9-15(23)8-16(24)10-17/h5-11,13-14H,12H2,1-4H3,(H,25,29). The third kappa shape index (κ3) is 6.31. The van der Waals surface area contributed by atoms with Crippen LogP contribution >= 0.6 is 35.0 Å². The first-order chi connectivity index (χ1) is 15.3. The zero-order valence-corrected chi connectivity index (χ0v) is 20.5. The minimum Gasteiger partial charge on any atom is -0.497 e. The largest absolute Gasteiger partial charge is 0.497 e. The second kappa shape index (κ2) is 10.9. The predicted octanol–water partition coefficient (Wildman–Crippen LogP) is 6.05. The van der Waals surface area contributed by atoms with Gasteiger partial charge in [-0.15, -0.1) is 10.2 Å². The van der Waals surface area contributed by atoms with Crippen molar-refractivity contribution in [3.8, 4) is 11.5 Å². The first-order valence-corrected chi connectivity index (χ1v) is 11.6. The molecule has 3 aromatic rings. The quantitative estimate of drug-likeness (QED) is 0.365. The highest BCUT2D eigenvalue weighted by atomic mass is 35.5. The number of hydrogen-bond donors (Lipinski definition) is 1. The number of nitrogens with zero attached hydrogens (tertiary/aromatic N) is 3. The molecule has 1 amide bonds. The summed E-state index contributed by atoms with van der Waals surface area (Å²) in [5.41, 5.74) is 0.541. The van der Waals surface area contributed by atoms with Crippen LogP contribution in [0.5, 0.6) is 11.5 Å². The van der Waals surface area contributed by atoms with Gasteiger partial charge in [0.15, 0.2) is 17.1 Å². The predicted molar refractivity (Wildman–Crippen MR) is 128 cm³/mol. The molecule has 1 N–H and O–H groups in total. The molecule has 0 aliphatic carbocycles. The lowest BCUT2D eigenvalue weighted by molar-refractivity contribution is -0.113. The van der Waals surface area contributed by atoms with Crippen molar-refractivity contribution in [2.45, 2.75) is 38.1 Å². The van der Waals surface area contributed by atoms with E-state index >= 15 is 0 Å². The van der Waals surface area contributed by atoms with Crippen molar-refractivity contribution in [3.05, 3.63) is 58.3 Å². The van der Waals surface area contributed by atoms with Gasteiger partial charge in [0.2, 0.25) is 5.91 Å². The molecule has 10 heteroatoms. The molecular formula is C22H24Cl2N4O3S. The van der Waals surface area contributed by atoms with Crippen LogP contribution in [0, 0.1) is 0 Å². The lowest BCUT2D eigenvalue weighted by Gasteiger charge is -2.19. The van der Waals surface area contributed by atoms with Gasteiger partial charge in [-0.05, 0) is 51.1 Å². The van der Waals surface area contributed by atoms with Crippen molar-refractivity contribution < 1.29 is 14.3 Å². The fourth-order valence-corrected chi connectivity index (χ4v) is 4.43. The molecule has 0 bridgehead atoms. The van der Waals surface area contributed by atoms with Crippen LogP contribution in [0.25, 0.3) is 0 Å². The topological polar surface area (TPSA) is 78.3 Å². The molecule has 2 aromatic carbocycles. The molecule has 0 aliphatic heterocycles. The Bertz CT molecular complexity index is 1070. The van der Waals surface area contributed by atoms with Crippen LogP contribution < -0.4 is 14.8 Å². The molecule has 0 radical (unpaired) electrons. The van der Waals surface area contributed by atoms with Crippen molar-refractivity contribution in [1.29, 1.82) is 0 Å². The van der Waals surface area contributed by atoms with Gasteiger partial charge in [-0.2, -0.15) is 0 Å². The van der Waals surface area contributed by atoms with E-state index < -0.39 is 0 Å². The second-order valence-electron chi connectivity index (χ2n) is 7.24. The summed E-state index contributed by atoms with van der Waals surface area (Å²) < 4.78 is 13.3. The van der Waals surface area contributed by atoms with Gasteiger partial charge >= 0.3 is 0 Å². The molecule has 0 fully saturated rings. The van der Waals surface area contributed by atoms with E-state index in [2.05, 4.69) is 15.5 Å². The van der Waals surface area contributed by atoms with Crippen LogP contribution in [0.15, 0.2) is 47.6 Å². The van der Waals surface area contributed by atoms with E-state index in [0.29, 0.717) is 38.2 Å². The Kier molecular flexibility index (Phi) is 8.28. The SMILES string of the molecule is COc1cccc(OC(C)c2nnc(SCC(=O)Nc3cc(Cl)cc(Cl)c3)n2C(C)C)c1. The second-order valence-corrected chi connectivity index (χ2v) is 9.05. The summed E-state index contributed by atoms with van der Waals surface area (Å²) in [6.45, 7) is 5.97. The molecular weight excluding hydrogens is 471 g/mol. The van der Waals surface area contributed by atoms with Crippen molar-refractivity contribution in [2.24, 2.45) is 0 Å². The Labute approximate surface area is 201 Å². The maximum atomic E-state index is 12.4. The fraction of sp³-hybridized carbons (Fsp3) is 0.318. The summed E-state index contributed by atoms with van der Waals surface area (Å²) in [7, 11) is 1.61. The minimum atomic E-state index is -0.353. The molecule has 170 valence electrons. The van der Waals surface area contributed by atoms with Gasteiger partial charge in [0, 0.05) is 27.8 Å². The summed E-state index contributed by atoms with van der Waals surface area (Å²) in [6.07, 6.45) is -0.353. The highest BCUT2D eigenvalue weighted by Gasteiger charge is 2.22. The van der Waals surface area contributed by atoms with Crippen molar-refractivity contribution in [2.75, 3.05) is 18.2 Å². The van der Waals surface area contributed by atoms with E-state index in [1.807, 2.05) is 49.6 Å². The number of aromatic nitrogens is 3. The van der Waals surface area contributed by atoms with Crippen LogP contribution in [0.1, 0.15) is 38.7 Å². The first-order valence-electron chi connectivity index (χ1n) is 9.91. The number of thioether (sulfide) groups is 1. The van der Waals surface area contributed by atoms with E-state index in [4.69, 9.17) is 32.7 Å². The lowest BCUT2D eigenvalue weighted by Crippen LogP contribution is -2.16. The summed E-state index contributed by atoms with van der Waals surface area (Å²) in [5, 5.41) is 13.0. The molecule has 0 saturated heterocycles. The Morgan fingerprint density at radius 1 is 1.09 bits per heavy atom. The summed E-state index contributed by atoms with van der Waals surface area (Å²) in [5.74, 6) is 2.01. The highest BCUT2D eigenvalue weighted by molar-refractivity contribution is 7.99. The lowest BCUT2D eigenvalue weighted by atomic mass is 10.3. The number of ether oxygens (including phenoxy) is 2. The Balaban J connectivity index is 1.69. The number of benzene rings is 2. The molecule has 0 spiro atoms. The maximum Gasteiger partial charge on any atom is 0.234 e. The van der Waals surface area contributed by atoms with E-state index in [9.17, 15) is 4.79 Å². The van der Waals surface area contributed by atoms with E-state index in [0.717, 1.165) is 0 Å². The number of carbonyl (C=O) groups excluding carboxylic acids is 1. The molecule has 0 saturated carbocycles. The first kappa shape index (κ1) is 24.2. The number of methoxy groups -OCH3 is 1. The molecule has 7 nitrogen and oxygen atoms in total. The van der Waals surface area contributed by atoms with Gasteiger partial charge < -0.3 is 19.4 Å². The van der Waals surface area contributed by atoms with Gasteiger partial charge in [-0.1, -0.05) is 41.0 Å². The summed E-state index contributed by atoms with van der Waals surface area (Å²) in [6, 6.07) is 12.4. The number of nitrogens with one attached hydrogen (secondary N) is 1. The van der Waals surface area contributed by atoms with Crippen LogP contribution in [0.3, 0.4) is 0 Å². The Hall–Kier alpha value is -2.42. The zero-order valence-electron chi connectivity index (χ0n) is 18.1. The molecule has 1 unspecified atom stereocenters. The highest BCUT2D eigenvalue weighted by Crippen LogP contribution is 2.29. The van der Waals surface area contributed by atoms with Gasteiger partial charge in [0.25, 0.3) is 0 Å². The average molecular weight is 495 g/mol. The summed E-state index contributed by atoms with van der Waals surface area (Å²) >= 11 is 13.3. The third-order valence-corrected chi connectivity index (χ3v) is 5.78. The summed E-state index contributed by atoms with van der Waals surface area (Å²) in [4.78, 5) is 12.4. The van der Waals surface area contributed by atoms with Crippen LogP contribution in [0.2, 0.25) is 10.0 Å². The van der Waals surface area contributed by atoms with E-state index in [1.165, 1.54) is 11.8 Å². The monoisotopic (exact) mass is 494 g/mol. The Morgan fingerprint density at radius 2 is 1.78 bits per heavy atom. The number of rotatable bonds is 9. The van der Waals surface area contributed by atoms with Gasteiger partial charge in [0.05, 0.1) is 12.9 Å². The van der Waals surface area contributed by atoms with Crippen LogP contribution in [-0.2, 0) is 4.79 Å². The molecule has 1 atom stereocenters.